The van der Waals surface area contributed by atoms with Gasteiger partial charge in [-0.2, -0.15) is 0 Å². The number of carbonyl (C=O) groups excluding carboxylic acids is 2. The van der Waals surface area contributed by atoms with Gasteiger partial charge in [0.1, 0.15) is 0 Å². The molecule has 0 saturated carbocycles. The molecule has 1 amide bonds. The lowest BCUT2D eigenvalue weighted by atomic mass is 9.73. The fraction of sp³-hybridized carbons (Fsp3) is 0.385. The van der Waals surface area contributed by atoms with Gasteiger partial charge in [-0.15, -0.1) is 0 Å². The molecule has 1 unspecified atom stereocenters. The summed E-state index contributed by atoms with van der Waals surface area (Å²) in [5, 5.41) is 17.9. The van der Waals surface area contributed by atoms with E-state index in [4.69, 9.17) is 4.74 Å². The number of nitro groups is 1. The highest BCUT2D eigenvalue weighted by Gasteiger charge is 2.42. The molecule has 9 heteroatoms. The summed E-state index contributed by atoms with van der Waals surface area (Å²) in [4.78, 5) is 39.6. The van der Waals surface area contributed by atoms with E-state index in [1.807, 2.05) is 29.2 Å². The van der Waals surface area contributed by atoms with Crippen LogP contribution in [0.5, 0.6) is 0 Å². The maximum Gasteiger partial charge on any atom is 0.269 e. The largest absolute Gasteiger partial charge is 0.383 e. The van der Waals surface area contributed by atoms with Crippen molar-refractivity contribution in [1.82, 2.24) is 5.32 Å². The minimum Gasteiger partial charge on any atom is -0.383 e. The van der Waals surface area contributed by atoms with Gasteiger partial charge in [-0.3, -0.25) is 19.7 Å². The molecule has 0 bridgehead atoms. The van der Waals surface area contributed by atoms with Crippen LogP contribution in [0.2, 0.25) is 0 Å². The molecule has 2 aliphatic rings. The number of nitrogens with zero attached hydrogens (tertiary/aromatic N) is 2. The van der Waals surface area contributed by atoms with Gasteiger partial charge in [0.2, 0.25) is 5.91 Å². The Balaban J connectivity index is 1.89. The molecule has 2 aromatic carbocycles. The number of methoxy groups -OCH3 is 1. The average molecular weight is 479 g/mol. The van der Waals surface area contributed by atoms with Crippen molar-refractivity contribution >= 4 is 28.8 Å². The molecular formula is C26H30N4O5. The monoisotopic (exact) mass is 478 g/mol. The number of para-hydroxylation sites is 2. The van der Waals surface area contributed by atoms with E-state index in [1.165, 1.54) is 12.1 Å². The van der Waals surface area contributed by atoms with Gasteiger partial charge < -0.3 is 20.3 Å². The van der Waals surface area contributed by atoms with Crippen molar-refractivity contribution < 1.29 is 19.2 Å². The van der Waals surface area contributed by atoms with E-state index in [-0.39, 0.29) is 29.3 Å². The maximum atomic E-state index is 13.6. The van der Waals surface area contributed by atoms with E-state index >= 15 is 0 Å². The average Bonchev–Trinajstić information content (AvgIpc) is 2.93. The molecule has 184 valence electrons. The highest BCUT2D eigenvalue weighted by atomic mass is 16.6. The van der Waals surface area contributed by atoms with E-state index in [1.54, 1.807) is 19.2 Å². The van der Waals surface area contributed by atoms with Crippen LogP contribution in [0.25, 0.3) is 0 Å². The number of nitro benzene ring substituents is 1. The Labute approximate surface area is 204 Å². The van der Waals surface area contributed by atoms with Crippen LogP contribution in [-0.2, 0) is 14.3 Å². The number of anilines is 2. The lowest BCUT2D eigenvalue weighted by Gasteiger charge is -2.37. The molecule has 35 heavy (non-hydrogen) atoms. The number of amides is 1. The minimum atomic E-state index is -0.669. The predicted molar refractivity (Wildman–Crippen MR) is 133 cm³/mol. The summed E-state index contributed by atoms with van der Waals surface area (Å²) < 4.78 is 5.03. The van der Waals surface area contributed by atoms with E-state index in [0.717, 1.165) is 17.1 Å². The normalized spacial score (nSPS) is 18.8. The van der Waals surface area contributed by atoms with E-state index in [9.17, 15) is 19.7 Å². The molecule has 9 nitrogen and oxygen atoms in total. The molecule has 1 heterocycles. The van der Waals surface area contributed by atoms with Crippen molar-refractivity contribution in [3.05, 3.63) is 75.5 Å². The number of benzene rings is 2. The van der Waals surface area contributed by atoms with Crippen LogP contribution in [0.4, 0.5) is 17.1 Å². The first-order chi connectivity index (χ1) is 16.7. The summed E-state index contributed by atoms with van der Waals surface area (Å²) >= 11 is 0. The maximum absolute atomic E-state index is 13.6. The first kappa shape index (κ1) is 24.4. The molecule has 4 rings (SSSR count). The topological polar surface area (TPSA) is 114 Å². The standard InChI is InChI=1S/C26H30N4O5/c1-26(2)14-20-24(22(31)15-26)25(17-7-6-8-18(13-17)30(33)34)29(16-23(32)27-11-12-35-3)21-10-5-4-9-19(21)28-20/h4-10,13,25,28H,11-12,14-16H2,1-3H3,(H,27,32). The Morgan fingerprint density at radius 1 is 1.23 bits per heavy atom. The zero-order chi connectivity index (χ0) is 25.2. The van der Waals surface area contributed by atoms with E-state index in [2.05, 4.69) is 24.5 Å². The highest BCUT2D eigenvalue weighted by molar-refractivity contribution is 6.02. The van der Waals surface area contributed by atoms with E-state index in [0.29, 0.717) is 37.1 Å². The number of Topliss-reactive ketones (excluding diaryl/α,β-unsaturated/α-hetero) is 1. The second-order valence-electron chi connectivity index (χ2n) is 9.70. The van der Waals surface area contributed by atoms with Gasteiger partial charge in [-0.25, -0.2) is 0 Å². The van der Waals surface area contributed by atoms with Crippen LogP contribution in [-0.4, -0.2) is 43.4 Å². The molecular weight excluding hydrogens is 448 g/mol. The number of hydrogen-bond acceptors (Lipinski definition) is 7. The highest BCUT2D eigenvalue weighted by Crippen LogP contribution is 2.48. The van der Waals surface area contributed by atoms with Crippen LogP contribution >= 0.6 is 0 Å². The number of allylic oxidation sites excluding steroid dienone is 1. The summed E-state index contributed by atoms with van der Waals surface area (Å²) in [5.74, 6) is -0.266. The molecule has 1 aliphatic heterocycles. The third-order valence-corrected chi connectivity index (χ3v) is 6.34. The number of hydrogen-bond donors (Lipinski definition) is 2. The molecule has 0 spiro atoms. The summed E-state index contributed by atoms with van der Waals surface area (Å²) in [6, 6.07) is 13.2. The van der Waals surface area contributed by atoms with Gasteiger partial charge >= 0.3 is 0 Å². The van der Waals surface area contributed by atoms with Crippen LogP contribution in [0.3, 0.4) is 0 Å². The van der Waals surface area contributed by atoms with Crippen LogP contribution in [0, 0.1) is 15.5 Å². The summed E-state index contributed by atoms with van der Waals surface area (Å²) in [6.45, 7) is 4.79. The SMILES string of the molecule is COCCNC(=O)CN1c2ccccc2NC2=C(C(=O)CC(C)(C)C2)C1c1cccc([N+](=O)[O-])c1. The van der Waals surface area contributed by atoms with Crippen molar-refractivity contribution in [3.63, 3.8) is 0 Å². The number of nitrogens with one attached hydrogen (secondary N) is 2. The second kappa shape index (κ2) is 9.87. The van der Waals surface area contributed by atoms with Gasteiger partial charge in [0, 0.05) is 43.5 Å². The summed E-state index contributed by atoms with van der Waals surface area (Å²) in [6.07, 6.45) is 0.991. The van der Waals surface area contributed by atoms with Crippen molar-refractivity contribution in [2.75, 3.05) is 37.0 Å². The molecule has 1 atom stereocenters. The van der Waals surface area contributed by atoms with Crippen LogP contribution in [0.15, 0.2) is 59.8 Å². The van der Waals surface area contributed by atoms with Crippen molar-refractivity contribution in [2.24, 2.45) is 5.41 Å². The smallest absolute Gasteiger partial charge is 0.269 e. The van der Waals surface area contributed by atoms with Gasteiger partial charge in [0.15, 0.2) is 5.78 Å². The number of non-ortho nitro benzene ring substituents is 1. The molecule has 0 saturated heterocycles. The Morgan fingerprint density at radius 2 is 2.00 bits per heavy atom. The van der Waals surface area contributed by atoms with Crippen molar-refractivity contribution in [1.29, 1.82) is 0 Å². The molecule has 2 aromatic rings. The first-order valence-electron chi connectivity index (χ1n) is 11.6. The number of ether oxygens (including phenoxy) is 1. The quantitative estimate of drug-likeness (QED) is 0.352. The first-order valence-corrected chi connectivity index (χ1v) is 11.6. The Morgan fingerprint density at radius 3 is 2.74 bits per heavy atom. The Hall–Kier alpha value is -3.72. The molecule has 0 fully saturated rings. The zero-order valence-corrected chi connectivity index (χ0v) is 20.2. The van der Waals surface area contributed by atoms with Crippen LogP contribution in [0.1, 0.15) is 38.3 Å². The molecule has 1 aliphatic carbocycles. The Bertz CT molecular complexity index is 1190. The fourth-order valence-corrected chi connectivity index (χ4v) is 4.89. The summed E-state index contributed by atoms with van der Waals surface area (Å²) in [7, 11) is 1.56. The number of ketones is 1. The van der Waals surface area contributed by atoms with E-state index < -0.39 is 11.0 Å². The van der Waals surface area contributed by atoms with Crippen molar-refractivity contribution in [2.45, 2.75) is 32.7 Å². The van der Waals surface area contributed by atoms with Gasteiger partial charge in [0.05, 0.1) is 35.5 Å². The van der Waals surface area contributed by atoms with Crippen molar-refractivity contribution in [3.8, 4) is 0 Å². The fourth-order valence-electron chi connectivity index (χ4n) is 4.89. The molecule has 2 N–H and O–H groups in total. The zero-order valence-electron chi connectivity index (χ0n) is 20.2. The molecule has 0 radical (unpaired) electrons. The van der Waals surface area contributed by atoms with Gasteiger partial charge in [-0.1, -0.05) is 38.1 Å². The third kappa shape index (κ3) is 5.19. The number of fused-ring (bicyclic) bond motifs is 1. The number of rotatable bonds is 7. The second-order valence-corrected chi connectivity index (χ2v) is 9.70. The van der Waals surface area contributed by atoms with Gasteiger partial charge in [0.25, 0.3) is 5.69 Å². The Kier molecular flexibility index (Phi) is 6.88. The predicted octanol–water partition coefficient (Wildman–Crippen LogP) is 3.97. The lowest BCUT2D eigenvalue weighted by Crippen LogP contribution is -2.42. The number of carbonyl (C=O) groups is 2. The molecule has 0 aromatic heterocycles. The van der Waals surface area contributed by atoms with Gasteiger partial charge in [-0.05, 0) is 29.5 Å². The lowest BCUT2D eigenvalue weighted by molar-refractivity contribution is -0.384. The summed E-state index contributed by atoms with van der Waals surface area (Å²) in [5.41, 5.74) is 3.14. The third-order valence-electron chi connectivity index (χ3n) is 6.34. The van der Waals surface area contributed by atoms with Crippen LogP contribution < -0.4 is 15.5 Å². The minimum absolute atomic E-state index is 0.0298.